The third-order valence-electron chi connectivity index (χ3n) is 5.05. The molecule has 0 saturated carbocycles. The summed E-state index contributed by atoms with van der Waals surface area (Å²) >= 11 is 0. The van der Waals surface area contributed by atoms with Crippen LogP contribution in [0.2, 0.25) is 0 Å². The number of rotatable bonds is 2. The summed E-state index contributed by atoms with van der Waals surface area (Å²) < 4.78 is 43.2. The van der Waals surface area contributed by atoms with Crippen molar-refractivity contribution in [3.8, 4) is 11.5 Å². The molecule has 2 aromatic rings. The third-order valence-corrected chi connectivity index (χ3v) is 7.15. The predicted molar refractivity (Wildman–Crippen MR) is 90.4 cm³/mol. The number of ether oxygens (including phenoxy) is 3. The van der Waals surface area contributed by atoms with Gasteiger partial charge in [-0.25, -0.2) is 8.42 Å². The highest BCUT2D eigenvalue weighted by Crippen LogP contribution is 2.47. The van der Waals surface area contributed by atoms with Crippen LogP contribution in [0.25, 0.3) is 0 Å². The number of hydrogen-bond acceptors (Lipinski definition) is 5. The molecule has 0 amide bonds. The number of fused-ring (bicyclic) bond motifs is 4. The molecule has 0 aromatic heterocycles. The van der Waals surface area contributed by atoms with Crippen LogP contribution in [0.5, 0.6) is 11.5 Å². The van der Waals surface area contributed by atoms with E-state index in [0.29, 0.717) is 23.0 Å². The summed E-state index contributed by atoms with van der Waals surface area (Å²) in [6, 6.07) is 12.4. The SMILES string of the molecule is O=S(=O)(c1ccccc1)[C@@H]1C=C[C@H]2OCc3cc4c(cc3[C@@H]12)OCO4. The van der Waals surface area contributed by atoms with Gasteiger partial charge in [0.2, 0.25) is 6.79 Å². The zero-order valence-electron chi connectivity index (χ0n) is 13.3. The molecule has 25 heavy (non-hydrogen) atoms. The van der Waals surface area contributed by atoms with Crippen molar-refractivity contribution in [1.82, 2.24) is 0 Å². The van der Waals surface area contributed by atoms with Crippen LogP contribution in [0.15, 0.2) is 59.5 Å². The summed E-state index contributed by atoms with van der Waals surface area (Å²) in [7, 11) is -3.50. The minimum absolute atomic E-state index is 0.192. The minimum Gasteiger partial charge on any atom is -0.454 e. The van der Waals surface area contributed by atoms with Gasteiger partial charge in [0, 0.05) is 5.92 Å². The highest BCUT2D eigenvalue weighted by Gasteiger charge is 2.45. The van der Waals surface area contributed by atoms with Gasteiger partial charge in [-0.3, -0.25) is 0 Å². The van der Waals surface area contributed by atoms with Gasteiger partial charge in [0.1, 0.15) is 0 Å². The van der Waals surface area contributed by atoms with Crippen LogP contribution in [0.4, 0.5) is 0 Å². The van der Waals surface area contributed by atoms with Crippen molar-refractivity contribution < 1.29 is 22.6 Å². The van der Waals surface area contributed by atoms with Gasteiger partial charge in [0.05, 0.1) is 22.9 Å². The lowest BCUT2D eigenvalue weighted by Gasteiger charge is -2.32. The summed E-state index contributed by atoms with van der Waals surface area (Å²) in [4.78, 5) is 0.332. The number of hydrogen-bond donors (Lipinski definition) is 0. The summed E-state index contributed by atoms with van der Waals surface area (Å²) in [6.45, 7) is 0.632. The van der Waals surface area contributed by atoms with E-state index in [1.807, 2.05) is 24.3 Å². The molecular formula is C19H16O5S. The molecular weight excluding hydrogens is 340 g/mol. The Morgan fingerprint density at radius 2 is 1.72 bits per heavy atom. The first-order chi connectivity index (χ1) is 12.1. The first-order valence-corrected chi connectivity index (χ1v) is 9.70. The van der Waals surface area contributed by atoms with Crippen molar-refractivity contribution in [2.24, 2.45) is 0 Å². The fourth-order valence-electron chi connectivity index (χ4n) is 3.84. The normalized spacial score (nSPS) is 26.3. The first kappa shape index (κ1) is 15.0. The highest BCUT2D eigenvalue weighted by atomic mass is 32.2. The Labute approximate surface area is 145 Å². The van der Waals surface area contributed by atoms with E-state index < -0.39 is 15.1 Å². The predicted octanol–water partition coefficient (Wildman–Crippen LogP) is 2.81. The van der Waals surface area contributed by atoms with Gasteiger partial charge in [-0.2, -0.15) is 0 Å². The second-order valence-electron chi connectivity index (χ2n) is 6.41. The zero-order chi connectivity index (χ0) is 17.0. The molecule has 5 nitrogen and oxygen atoms in total. The van der Waals surface area contributed by atoms with E-state index in [-0.39, 0.29) is 18.8 Å². The number of benzene rings is 2. The molecule has 128 valence electrons. The molecule has 0 saturated heterocycles. The Hall–Kier alpha value is -2.31. The Bertz CT molecular complexity index is 965. The molecule has 2 aliphatic heterocycles. The van der Waals surface area contributed by atoms with Crippen LogP contribution in [0, 0.1) is 0 Å². The molecule has 0 radical (unpaired) electrons. The van der Waals surface area contributed by atoms with Crippen LogP contribution in [0.1, 0.15) is 17.0 Å². The van der Waals surface area contributed by atoms with E-state index in [2.05, 4.69) is 0 Å². The Balaban J connectivity index is 1.61. The maximum Gasteiger partial charge on any atom is 0.231 e. The second-order valence-corrected chi connectivity index (χ2v) is 8.52. The van der Waals surface area contributed by atoms with Crippen LogP contribution < -0.4 is 9.47 Å². The molecule has 0 spiro atoms. The third kappa shape index (κ3) is 2.21. The van der Waals surface area contributed by atoms with Crippen molar-refractivity contribution in [3.05, 3.63) is 65.7 Å². The van der Waals surface area contributed by atoms with Gasteiger partial charge in [-0.1, -0.05) is 30.4 Å². The van der Waals surface area contributed by atoms with E-state index in [1.165, 1.54) is 0 Å². The molecule has 2 aromatic carbocycles. The molecule has 2 heterocycles. The Kier molecular flexibility index (Phi) is 3.20. The van der Waals surface area contributed by atoms with E-state index in [9.17, 15) is 8.42 Å². The van der Waals surface area contributed by atoms with Crippen molar-refractivity contribution >= 4 is 9.84 Å². The summed E-state index contributed by atoms with van der Waals surface area (Å²) in [5, 5.41) is -0.653. The fourth-order valence-corrected chi connectivity index (χ4v) is 5.68. The largest absolute Gasteiger partial charge is 0.454 e. The van der Waals surface area contributed by atoms with Gasteiger partial charge < -0.3 is 14.2 Å². The summed E-state index contributed by atoms with van der Waals surface area (Å²) in [6.07, 6.45) is 3.39. The monoisotopic (exact) mass is 356 g/mol. The topological polar surface area (TPSA) is 61.8 Å². The van der Waals surface area contributed by atoms with Crippen molar-refractivity contribution in [2.75, 3.05) is 6.79 Å². The van der Waals surface area contributed by atoms with Gasteiger partial charge >= 0.3 is 0 Å². The van der Waals surface area contributed by atoms with Crippen LogP contribution in [-0.2, 0) is 21.2 Å². The zero-order valence-corrected chi connectivity index (χ0v) is 14.1. The van der Waals surface area contributed by atoms with Gasteiger partial charge in [-0.05, 0) is 35.4 Å². The lowest BCUT2D eigenvalue weighted by atomic mass is 9.88. The van der Waals surface area contributed by atoms with Crippen molar-refractivity contribution in [2.45, 2.75) is 28.8 Å². The standard InChI is InChI=1S/C19H16O5S/c20-25(21,13-4-2-1-3-5-13)18-7-6-15-19(18)14-9-17-16(23-11-24-17)8-12(14)10-22-15/h1-9,15,18-19H,10-11H2/t15-,18-,19-/m1/s1. The van der Waals surface area contributed by atoms with Gasteiger partial charge in [0.25, 0.3) is 0 Å². The van der Waals surface area contributed by atoms with Crippen LogP contribution in [-0.4, -0.2) is 26.6 Å². The Morgan fingerprint density at radius 1 is 0.960 bits per heavy atom. The van der Waals surface area contributed by atoms with E-state index in [1.54, 1.807) is 30.3 Å². The average Bonchev–Trinajstić information content (AvgIpc) is 3.27. The summed E-state index contributed by atoms with van der Waals surface area (Å²) in [5.74, 6) is 1.08. The highest BCUT2D eigenvalue weighted by molar-refractivity contribution is 7.92. The minimum atomic E-state index is -3.50. The maximum absolute atomic E-state index is 13.2. The van der Waals surface area contributed by atoms with Crippen molar-refractivity contribution in [1.29, 1.82) is 0 Å². The summed E-state index contributed by atoms with van der Waals surface area (Å²) in [5.41, 5.74) is 1.93. The molecule has 5 rings (SSSR count). The lowest BCUT2D eigenvalue weighted by Crippen LogP contribution is -2.34. The van der Waals surface area contributed by atoms with Crippen molar-refractivity contribution in [3.63, 3.8) is 0 Å². The van der Waals surface area contributed by atoms with E-state index >= 15 is 0 Å². The molecule has 3 atom stereocenters. The second kappa shape index (κ2) is 5.34. The molecule has 0 bridgehead atoms. The quantitative estimate of drug-likeness (QED) is 0.775. The van der Waals surface area contributed by atoms with Gasteiger partial charge in [0.15, 0.2) is 21.3 Å². The smallest absolute Gasteiger partial charge is 0.231 e. The van der Waals surface area contributed by atoms with Crippen LogP contribution >= 0.6 is 0 Å². The fraction of sp³-hybridized carbons (Fsp3) is 0.263. The molecule has 0 N–H and O–H groups in total. The molecule has 0 fully saturated rings. The molecule has 1 aliphatic carbocycles. The van der Waals surface area contributed by atoms with E-state index in [0.717, 1.165) is 11.1 Å². The lowest BCUT2D eigenvalue weighted by molar-refractivity contribution is 0.0456. The average molecular weight is 356 g/mol. The van der Waals surface area contributed by atoms with Gasteiger partial charge in [-0.15, -0.1) is 0 Å². The number of sulfone groups is 1. The van der Waals surface area contributed by atoms with Crippen LogP contribution in [0.3, 0.4) is 0 Å². The first-order valence-electron chi connectivity index (χ1n) is 8.16. The Morgan fingerprint density at radius 3 is 2.52 bits per heavy atom. The van der Waals surface area contributed by atoms with E-state index in [4.69, 9.17) is 14.2 Å². The maximum atomic E-state index is 13.2. The molecule has 3 aliphatic rings. The molecule has 0 unspecified atom stereocenters. The molecule has 6 heteroatoms.